The molecule has 1 aromatic rings. The zero-order valence-corrected chi connectivity index (χ0v) is 12.9. The summed E-state index contributed by atoms with van der Waals surface area (Å²) in [6.07, 6.45) is 0. The molecule has 0 fully saturated rings. The van der Waals surface area contributed by atoms with Crippen LogP contribution in [0.1, 0.15) is 10.4 Å². The normalized spacial score (nSPS) is 15.4. The highest BCUT2D eigenvalue weighted by Crippen LogP contribution is 2.29. The highest BCUT2D eigenvalue weighted by atomic mass is 32.2. The fourth-order valence-electron chi connectivity index (χ4n) is 2.01. The number of hydrogen-bond acceptors (Lipinski definition) is 5. The second kappa shape index (κ2) is 5.76. The number of amides is 3. The van der Waals surface area contributed by atoms with E-state index in [0.29, 0.717) is 4.31 Å². The molecule has 9 heteroatoms. The number of carbonyl (C=O) groups is 3. The first kappa shape index (κ1) is 16.0. The van der Waals surface area contributed by atoms with Crippen molar-refractivity contribution in [1.82, 2.24) is 14.5 Å². The van der Waals surface area contributed by atoms with Crippen molar-refractivity contribution in [2.24, 2.45) is 0 Å². The van der Waals surface area contributed by atoms with Gasteiger partial charge in [-0.3, -0.25) is 14.4 Å². The number of carbonyl (C=O) groups excluding carboxylic acids is 3. The number of nitrogens with one attached hydrogen (secondary N) is 1. The zero-order valence-electron chi connectivity index (χ0n) is 12.1. The van der Waals surface area contributed by atoms with E-state index in [2.05, 4.69) is 5.32 Å². The smallest absolute Gasteiger partial charge is 0.269 e. The van der Waals surface area contributed by atoms with Gasteiger partial charge in [0.15, 0.2) is 0 Å². The summed E-state index contributed by atoms with van der Waals surface area (Å²) in [4.78, 5) is 36.3. The maximum atomic E-state index is 12.3. The fourth-order valence-corrected chi connectivity index (χ4v) is 3.53. The van der Waals surface area contributed by atoms with Crippen LogP contribution in [0.2, 0.25) is 0 Å². The first-order valence-electron chi connectivity index (χ1n) is 6.39. The van der Waals surface area contributed by atoms with Crippen LogP contribution in [0, 0.1) is 0 Å². The summed E-state index contributed by atoms with van der Waals surface area (Å²) in [6, 6.07) is 5.78. The van der Waals surface area contributed by atoms with E-state index < -0.39 is 34.3 Å². The number of benzene rings is 1. The summed E-state index contributed by atoms with van der Waals surface area (Å²) in [5, 5.41) is 2.35. The van der Waals surface area contributed by atoms with Crippen LogP contribution in [-0.4, -0.2) is 62.5 Å². The van der Waals surface area contributed by atoms with Crippen LogP contribution in [0.4, 0.5) is 0 Å². The minimum atomic E-state index is -4.02. The largest absolute Gasteiger partial charge is 0.358 e. The lowest BCUT2D eigenvalue weighted by Gasteiger charge is -2.20. The molecule has 3 amide bonds. The molecule has 1 aromatic carbocycles. The minimum absolute atomic E-state index is 0.0456. The van der Waals surface area contributed by atoms with Crippen LogP contribution >= 0.6 is 0 Å². The molecule has 0 aliphatic carbocycles. The molecule has 0 atom stereocenters. The second-order valence-electron chi connectivity index (χ2n) is 4.74. The SMILES string of the molecule is CNC(=O)CN(C)C(=O)CN1C(=O)c2ccccc2S1(=O)=O. The van der Waals surface area contributed by atoms with Gasteiger partial charge in [-0.15, -0.1) is 0 Å². The monoisotopic (exact) mass is 325 g/mol. The van der Waals surface area contributed by atoms with Crippen molar-refractivity contribution in [3.8, 4) is 0 Å². The Labute approximate surface area is 127 Å². The molecular formula is C13H15N3O5S. The number of nitrogens with zero attached hydrogens (tertiary/aromatic N) is 2. The Morgan fingerprint density at radius 2 is 1.91 bits per heavy atom. The van der Waals surface area contributed by atoms with Crippen LogP contribution in [0.5, 0.6) is 0 Å². The van der Waals surface area contributed by atoms with E-state index in [1.165, 1.54) is 32.3 Å². The van der Waals surface area contributed by atoms with E-state index in [4.69, 9.17) is 0 Å². The molecule has 1 aliphatic rings. The van der Waals surface area contributed by atoms with Crippen LogP contribution in [0.3, 0.4) is 0 Å². The number of rotatable bonds is 4. The molecule has 0 unspecified atom stereocenters. The maximum absolute atomic E-state index is 12.3. The third-order valence-electron chi connectivity index (χ3n) is 3.28. The van der Waals surface area contributed by atoms with E-state index in [0.717, 1.165) is 4.90 Å². The molecule has 1 N–H and O–H groups in total. The highest BCUT2D eigenvalue weighted by molar-refractivity contribution is 7.90. The Balaban J connectivity index is 2.20. The van der Waals surface area contributed by atoms with E-state index in [9.17, 15) is 22.8 Å². The second-order valence-corrected chi connectivity index (χ2v) is 6.57. The standard InChI is InChI=1S/C13H15N3O5S/c1-14-11(17)7-15(2)12(18)8-16-13(19)9-5-3-4-6-10(9)22(16,20)21/h3-6H,7-8H2,1-2H3,(H,14,17). The molecule has 0 saturated heterocycles. The third-order valence-corrected chi connectivity index (χ3v) is 5.06. The van der Waals surface area contributed by atoms with Gasteiger partial charge in [-0.1, -0.05) is 12.1 Å². The Morgan fingerprint density at radius 3 is 2.50 bits per heavy atom. The first-order chi connectivity index (χ1) is 10.3. The average Bonchev–Trinajstić information content (AvgIpc) is 2.68. The molecule has 2 rings (SSSR count). The molecule has 0 aromatic heterocycles. The van der Waals surface area contributed by atoms with E-state index in [1.54, 1.807) is 6.07 Å². The molecule has 0 spiro atoms. The van der Waals surface area contributed by atoms with Crippen LogP contribution < -0.4 is 5.32 Å². The Kier molecular flexibility index (Phi) is 4.18. The Bertz CT molecular complexity index is 744. The first-order valence-corrected chi connectivity index (χ1v) is 7.83. The highest BCUT2D eigenvalue weighted by Gasteiger charge is 2.42. The van der Waals surface area contributed by atoms with E-state index in [-0.39, 0.29) is 17.0 Å². The van der Waals surface area contributed by atoms with Gasteiger partial charge in [0, 0.05) is 14.1 Å². The molecular weight excluding hydrogens is 310 g/mol. The molecule has 0 saturated carbocycles. The molecule has 8 nitrogen and oxygen atoms in total. The summed E-state index contributed by atoms with van der Waals surface area (Å²) in [5.74, 6) is -1.78. The number of hydrogen-bond donors (Lipinski definition) is 1. The molecule has 22 heavy (non-hydrogen) atoms. The van der Waals surface area contributed by atoms with Gasteiger partial charge < -0.3 is 10.2 Å². The van der Waals surface area contributed by atoms with Gasteiger partial charge in [-0.05, 0) is 12.1 Å². The number of likely N-dealkylation sites (N-methyl/N-ethyl adjacent to an activating group) is 2. The lowest BCUT2D eigenvalue weighted by molar-refractivity contribution is -0.134. The van der Waals surface area contributed by atoms with Gasteiger partial charge in [0.05, 0.1) is 12.1 Å². The van der Waals surface area contributed by atoms with Crippen molar-refractivity contribution in [2.45, 2.75) is 4.90 Å². The lowest BCUT2D eigenvalue weighted by Crippen LogP contribution is -2.44. The molecule has 1 heterocycles. The predicted molar refractivity (Wildman–Crippen MR) is 76.4 cm³/mol. The lowest BCUT2D eigenvalue weighted by atomic mass is 10.2. The summed E-state index contributed by atoms with van der Waals surface area (Å²) in [7, 11) is -1.24. The topological polar surface area (TPSA) is 104 Å². The van der Waals surface area contributed by atoms with Crippen molar-refractivity contribution in [1.29, 1.82) is 0 Å². The van der Waals surface area contributed by atoms with E-state index in [1.807, 2.05) is 0 Å². The maximum Gasteiger partial charge on any atom is 0.269 e. The van der Waals surface area contributed by atoms with Crippen molar-refractivity contribution in [3.63, 3.8) is 0 Å². The number of sulfonamides is 1. The summed E-state index contributed by atoms with van der Waals surface area (Å²) in [5.41, 5.74) is 0.0456. The number of fused-ring (bicyclic) bond motifs is 1. The van der Waals surface area contributed by atoms with Gasteiger partial charge in [-0.2, -0.15) is 0 Å². The molecule has 1 aliphatic heterocycles. The van der Waals surface area contributed by atoms with Gasteiger partial charge >= 0.3 is 0 Å². The summed E-state index contributed by atoms with van der Waals surface area (Å²) < 4.78 is 25.1. The van der Waals surface area contributed by atoms with Crippen LogP contribution in [-0.2, 0) is 19.6 Å². The Hall–Kier alpha value is -2.42. The van der Waals surface area contributed by atoms with Gasteiger partial charge in [-0.25, -0.2) is 12.7 Å². The van der Waals surface area contributed by atoms with Crippen molar-refractivity contribution in [3.05, 3.63) is 29.8 Å². The van der Waals surface area contributed by atoms with Crippen LogP contribution in [0.15, 0.2) is 29.2 Å². The van der Waals surface area contributed by atoms with Crippen molar-refractivity contribution >= 4 is 27.7 Å². The van der Waals surface area contributed by atoms with Crippen molar-refractivity contribution in [2.75, 3.05) is 27.2 Å². The van der Waals surface area contributed by atoms with Gasteiger partial charge in [0.1, 0.15) is 11.4 Å². The quantitative estimate of drug-likeness (QED) is 0.767. The van der Waals surface area contributed by atoms with Crippen LogP contribution in [0.25, 0.3) is 0 Å². The van der Waals surface area contributed by atoms with Crippen molar-refractivity contribution < 1.29 is 22.8 Å². The fraction of sp³-hybridized carbons (Fsp3) is 0.308. The van der Waals surface area contributed by atoms with E-state index >= 15 is 0 Å². The molecule has 0 radical (unpaired) electrons. The zero-order chi connectivity index (χ0) is 16.5. The summed E-state index contributed by atoms with van der Waals surface area (Å²) >= 11 is 0. The molecule has 118 valence electrons. The molecule has 0 bridgehead atoms. The average molecular weight is 325 g/mol. The predicted octanol–water partition coefficient (Wildman–Crippen LogP) is -0.964. The minimum Gasteiger partial charge on any atom is -0.358 e. The van der Waals surface area contributed by atoms with Gasteiger partial charge in [0.25, 0.3) is 15.9 Å². The summed E-state index contributed by atoms with van der Waals surface area (Å²) in [6.45, 7) is -0.853. The Morgan fingerprint density at radius 1 is 1.27 bits per heavy atom. The van der Waals surface area contributed by atoms with Gasteiger partial charge in [0.2, 0.25) is 11.8 Å². The third kappa shape index (κ3) is 2.67.